The second-order valence-electron chi connectivity index (χ2n) is 4.67. The van der Waals surface area contributed by atoms with E-state index in [0.29, 0.717) is 6.54 Å². The van der Waals surface area contributed by atoms with E-state index in [-0.39, 0.29) is 12.5 Å². The number of carbonyl (C=O) groups is 1. The first kappa shape index (κ1) is 13.1. The van der Waals surface area contributed by atoms with Crippen molar-refractivity contribution >= 4 is 17.5 Å². The van der Waals surface area contributed by atoms with E-state index in [1.54, 1.807) is 30.8 Å². The average molecular weight is 316 g/mol. The molecule has 0 atom stereocenters. The first-order valence-corrected chi connectivity index (χ1v) is 7.66. The van der Waals surface area contributed by atoms with Crippen LogP contribution in [0.5, 0.6) is 5.88 Å². The Morgan fingerprint density at radius 3 is 3.23 bits per heavy atom. The fourth-order valence-corrected chi connectivity index (χ4v) is 3.38. The van der Waals surface area contributed by atoms with Gasteiger partial charge >= 0.3 is 6.16 Å². The van der Waals surface area contributed by atoms with Crippen LogP contribution in [-0.4, -0.2) is 31.9 Å². The summed E-state index contributed by atoms with van der Waals surface area (Å²) < 4.78 is 14.0. The van der Waals surface area contributed by atoms with E-state index < -0.39 is 6.16 Å². The molecule has 0 spiro atoms. The van der Waals surface area contributed by atoms with Crippen LogP contribution in [0.2, 0.25) is 0 Å². The van der Waals surface area contributed by atoms with E-state index in [1.165, 1.54) is 0 Å². The third-order valence-electron chi connectivity index (χ3n) is 3.41. The van der Waals surface area contributed by atoms with E-state index in [4.69, 9.17) is 9.47 Å². The topological polar surface area (TPSA) is 71.2 Å². The summed E-state index contributed by atoms with van der Waals surface area (Å²) in [7, 11) is 0. The SMILES string of the molecule is CCOC(=O)Oc1ncn2c1Cn1ccnc1-c1sccc1-2. The standard InChI is InChI=1S/C14H12N4O3S/c1-2-20-14(19)21-13-10-7-17-5-4-15-12(17)11-9(3-6-22-11)18(10)8-16-13/h3-6,8H,2,7H2,1H3. The Hall–Kier alpha value is -2.61. The maximum atomic E-state index is 11.6. The summed E-state index contributed by atoms with van der Waals surface area (Å²) in [6.07, 6.45) is 4.57. The van der Waals surface area contributed by atoms with Gasteiger partial charge in [-0.15, -0.1) is 11.3 Å². The molecule has 7 nitrogen and oxygen atoms in total. The van der Waals surface area contributed by atoms with Gasteiger partial charge in [0, 0.05) is 12.4 Å². The minimum Gasteiger partial charge on any atom is -0.434 e. The van der Waals surface area contributed by atoms with Crippen LogP contribution in [-0.2, 0) is 11.3 Å². The predicted octanol–water partition coefficient (Wildman–Crippen LogP) is 2.69. The molecule has 0 aromatic carbocycles. The van der Waals surface area contributed by atoms with Gasteiger partial charge in [-0.25, -0.2) is 14.8 Å². The highest BCUT2D eigenvalue weighted by atomic mass is 32.1. The molecule has 4 heterocycles. The fourth-order valence-electron chi connectivity index (χ4n) is 2.49. The highest BCUT2D eigenvalue weighted by Gasteiger charge is 2.25. The lowest BCUT2D eigenvalue weighted by Gasteiger charge is -2.07. The van der Waals surface area contributed by atoms with Crippen LogP contribution in [0.3, 0.4) is 0 Å². The third kappa shape index (κ3) is 1.92. The summed E-state index contributed by atoms with van der Waals surface area (Å²) >= 11 is 1.62. The molecule has 1 aliphatic rings. The van der Waals surface area contributed by atoms with Crippen molar-refractivity contribution in [3.8, 4) is 22.3 Å². The van der Waals surface area contributed by atoms with Crippen LogP contribution in [0.25, 0.3) is 16.4 Å². The Kier molecular flexibility index (Phi) is 2.97. The molecule has 1 aliphatic heterocycles. The minimum absolute atomic E-state index is 0.259. The van der Waals surface area contributed by atoms with Gasteiger partial charge in [0.2, 0.25) is 5.88 Å². The summed E-state index contributed by atoms with van der Waals surface area (Å²) in [4.78, 5) is 21.3. The maximum absolute atomic E-state index is 11.6. The molecule has 3 aromatic rings. The molecule has 0 bridgehead atoms. The molecule has 0 saturated carbocycles. The molecule has 0 unspecified atom stereocenters. The third-order valence-corrected chi connectivity index (χ3v) is 4.31. The minimum atomic E-state index is -0.746. The monoisotopic (exact) mass is 316 g/mol. The molecule has 0 radical (unpaired) electrons. The number of thiophene rings is 1. The van der Waals surface area contributed by atoms with Gasteiger partial charge in [0.15, 0.2) is 5.82 Å². The smallest absolute Gasteiger partial charge is 0.434 e. The van der Waals surface area contributed by atoms with E-state index in [0.717, 1.165) is 22.1 Å². The van der Waals surface area contributed by atoms with Crippen molar-refractivity contribution in [1.82, 2.24) is 19.1 Å². The Bertz CT molecular complexity index is 848. The average Bonchev–Trinajstić information content (AvgIpc) is 3.19. The van der Waals surface area contributed by atoms with Crippen LogP contribution in [0.1, 0.15) is 12.6 Å². The molecule has 0 aliphatic carbocycles. The molecule has 112 valence electrons. The van der Waals surface area contributed by atoms with Crippen molar-refractivity contribution in [2.75, 3.05) is 6.61 Å². The molecule has 0 amide bonds. The number of carbonyl (C=O) groups excluding carboxylic acids is 1. The number of nitrogens with zero attached hydrogens (tertiary/aromatic N) is 4. The first-order valence-electron chi connectivity index (χ1n) is 6.78. The number of fused-ring (bicyclic) bond motifs is 5. The van der Waals surface area contributed by atoms with Crippen LogP contribution >= 0.6 is 11.3 Å². The largest absolute Gasteiger partial charge is 0.515 e. The van der Waals surface area contributed by atoms with Gasteiger partial charge in [0.05, 0.1) is 23.7 Å². The summed E-state index contributed by atoms with van der Waals surface area (Å²) in [6.45, 7) is 2.50. The van der Waals surface area contributed by atoms with Crippen molar-refractivity contribution in [2.45, 2.75) is 13.5 Å². The lowest BCUT2D eigenvalue weighted by Crippen LogP contribution is -2.12. The number of rotatable bonds is 2. The van der Waals surface area contributed by atoms with Gasteiger partial charge < -0.3 is 14.0 Å². The van der Waals surface area contributed by atoms with Crippen LogP contribution < -0.4 is 4.74 Å². The molecule has 0 saturated heterocycles. The van der Waals surface area contributed by atoms with Crippen LogP contribution in [0.4, 0.5) is 4.79 Å². The Balaban J connectivity index is 1.82. The maximum Gasteiger partial charge on any atom is 0.515 e. The second kappa shape index (κ2) is 4.99. The molecule has 0 N–H and O–H groups in total. The molecular weight excluding hydrogens is 304 g/mol. The summed E-state index contributed by atoms with van der Waals surface area (Å²) in [5, 5.41) is 2.00. The van der Waals surface area contributed by atoms with E-state index in [1.807, 2.05) is 26.8 Å². The number of hydrogen-bond acceptors (Lipinski definition) is 6. The predicted molar refractivity (Wildman–Crippen MR) is 79.4 cm³/mol. The lowest BCUT2D eigenvalue weighted by atomic mass is 10.3. The van der Waals surface area contributed by atoms with Crippen molar-refractivity contribution in [2.24, 2.45) is 0 Å². The Labute approximate surface area is 129 Å². The van der Waals surface area contributed by atoms with Gasteiger partial charge in [0.1, 0.15) is 12.0 Å². The first-order chi connectivity index (χ1) is 10.8. The number of hydrogen-bond donors (Lipinski definition) is 0. The van der Waals surface area contributed by atoms with Gasteiger partial charge in [-0.1, -0.05) is 0 Å². The second-order valence-corrected chi connectivity index (χ2v) is 5.58. The molecule has 4 rings (SSSR count). The lowest BCUT2D eigenvalue weighted by molar-refractivity contribution is 0.102. The van der Waals surface area contributed by atoms with Gasteiger partial charge in [-0.2, -0.15) is 0 Å². The zero-order valence-corrected chi connectivity index (χ0v) is 12.5. The molecule has 3 aromatic heterocycles. The van der Waals surface area contributed by atoms with Gasteiger partial charge in [-0.3, -0.25) is 4.57 Å². The molecule has 0 fully saturated rings. The zero-order valence-electron chi connectivity index (χ0n) is 11.7. The van der Waals surface area contributed by atoms with Crippen LogP contribution in [0.15, 0.2) is 30.2 Å². The van der Waals surface area contributed by atoms with E-state index >= 15 is 0 Å². The highest BCUT2D eigenvalue weighted by molar-refractivity contribution is 7.14. The van der Waals surface area contributed by atoms with E-state index in [2.05, 4.69) is 9.97 Å². The zero-order chi connectivity index (χ0) is 15.1. The number of aromatic nitrogens is 4. The van der Waals surface area contributed by atoms with Gasteiger partial charge in [0.25, 0.3) is 0 Å². The van der Waals surface area contributed by atoms with E-state index in [9.17, 15) is 4.79 Å². The Morgan fingerprint density at radius 2 is 2.36 bits per heavy atom. The summed E-state index contributed by atoms with van der Waals surface area (Å²) in [5.74, 6) is 1.16. The quantitative estimate of drug-likeness (QED) is 0.532. The van der Waals surface area contributed by atoms with Crippen molar-refractivity contribution in [3.05, 3.63) is 35.9 Å². The molecule has 22 heavy (non-hydrogen) atoms. The number of ether oxygens (including phenoxy) is 2. The Morgan fingerprint density at radius 1 is 1.45 bits per heavy atom. The molecule has 8 heteroatoms. The summed E-state index contributed by atoms with van der Waals surface area (Å²) in [5.41, 5.74) is 1.76. The normalized spacial score (nSPS) is 12.0. The van der Waals surface area contributed by atoms with Crippen LogP contribution in [0, 0.1) is 0 Å². The van der Waals surface area contributed by atoms with Crippen molar-refractivity contribution in [1.29, 1.82) is 0 Å². The highest BCUT2D eigenvalue weighted by Crippen LogP contribution is 2.37. The fraction of sp³-hybridized carbons (Fsp3) is 0.214. The molecular formula is C14H12N4O3S. The number of imidazole rings is 2. The van der Waals surface area contributed by atoms with Crippen molar-refractivity contribution < 1.29 is 14.3 Å². The van der Waals surface area contributed by atoms with Gasteiger partial charge in [-0.05, 0) is 18.4 Å². The summed E-state index contributed by atoms with van der Waals surface area (Å²) in [6, 6.07) is 2.00. The van der Waals surface area contributed by atoms with Crippen molar-refractivity contribution in [3.63, 3.8) is 0 Å².